The number of imidazole rings is 1. The molecule has 86 valence electrons. The van der Waals surface area contributed by atoms with Gasteiger partial charge in [0.25, 0.3) is 0 Å². The predicted octanol–water partition coefficient (Wildman–Crippen LogP) is 2.69. The Morgan fingerprint density at radius 3 is 2.94 bits per heavy atom. The van der Waals surface area contributed by atoms with E-state index in [2.05, 4.69) is 21.0 Å². The summed E-state index contributed by atoms with van der Waals surface area (Å²) in [6.45, 7) is 0. The summed E-state index contributed by atoms with van der Waals surface area (Å²) in [5.74, 6) is 0.700. The molecular formula is C14H10N4. The minimum Gasteiger partial charge on any atom is -0.340 e. The first-order valence-corrected chi connectivity index (χ1v) is 5.64. The quantitative estimate of drug-likeness (QED) is 0.741. The lowest BCUT2D eigenvalue weighted by Gasteiger charge is -1.99. The number of rotatable bonds is 2. The molecule has 0 saturated heterocycles. The van der Waals surface area contributed by atoms with Crippen LogP contribution < -0.4 is 0 Å². The number of benzene rings is 1. The molecule has 0 aliphatic heterocycles. The molecule has 0 aliphatic rings. The SMILES string of the molecule is N#CCc1cnc(-c2ccc3ccccc3n2)[nH]1. The second-order valence-corrected chi connectivity index (χ2v) is 3.98. The Bertz CT molecular complexity index is 737. The van der Waals surface area contributed by atoms with Crippen LogP contribution in [0, 0.1) is 11.3 Å². The molecule has 1 N–H and O–H groups in total. The van der Waals surface area contributed by atoms with Crippen LogP contribution >= 0.6 is 0 Å². The van der Waals surface area contributed by atoms with Crippen molar-refractivity contribution >= 4 is 10.9 Å². The number of pyridine rings is 1. The number of nitriles is 1. The van der Waals surface area contributed by atoms with Crippen LogP contribution in [0.4, 0.5) is 0 Å². The van der Waals surface area contributed by atoms with E-state index in [-0.39, 0.29) is 0 Å². The summed E-state index contributed by atoms with van der Waals surface area (Å²) in [5, 5.41) is 9.73. The fourth-order valence-corrected chi connectivity index (χ4v) is 1.86. The summed E-state index contributed by atoms with van der Waals surface area (Å²) in [4.78, 5) is 11.9. The van der Waals surface area contributed by atoms with E-state index in [0.29, 0.717) is 12.2 Å². The van der Waals surface area contributed by atoms with Gasteiger partial charge in [-0.1, -0.05) is 24.3 Å². The van der Waals surface area contributed by atoms with E-state index in [1.54, 1.807) is 6.20 Å². The van der Waals surface area contributed by atoms with Gasteiger partial charge in [0.2, 0.25) is 0 Å². The molecule has 18 heavy (non-hydrogen) atoms. The Balaban J connectivity index is 2.05. The summed E-state index contributed by atoms with van der Waals surface area (Å²) in [5.41, 5.74) is 2.54. The largest absolute Gasteiger partial charge is 0.340 e. The number of hydrogen-bond donors (Lipinski definition) is 1. The highest BCUT2D eigenvalue weighted by atomic mass is 14.9. The van der Waals surface area contributed by atoms with Crippen LogP contribution in [0.25, 0.3) is 22.4 Å². The first kappa shape index (κ1) is 10.5. The highest BCUT2D eigenvalue weighted by Crippen LogP contribution is 2.18. The van der Waals surface area contributed by atoms with Gasteiger partial charge in [-0.15, -0.1) is 0 Å². The van der Waals surface area contributed by atoms with Crippen molar-refractivity contribution in [2.24, 2.45) is 0 Å². The van der Waals surface area contributed by atoms with E-state index >= 15 is 0 Å². The van der Waals surface area contributed by atoms with Crippen LogP contribution in [-0.4, -0.2) is 15.0 Å². The summed E-state index contributed by atoms with van der Waals surface area (Å²) in [6.07, 6.45) is 2.01. The van der Waals surface area contributed by atoms with Gasteiger partial charge in [0.15, 0.2) is 5.82 Å². The molecule has 4 heteroatoms. The van der Waals surface area contributed by atoms with E-state index in [1.807, 2.05) is 36.4 Å². The molecule has 0 amide bonds. The van der Waals surface area contributed by atoms with Gasteiger partial charge in [-0.05, 0) is 12.1 Å². The molecule has 3 aromatic rings. The lowest BCUT2D eigenvalue weighted by molar-refractivity contribution is 1.15. The lowest BCUT2D eigenvalue weighted by atomic mass is 10.2. The molecule has 2 aromatic heterocycles. The summed E-state index contributed by atoms with van der Waals surface area (Å²) in [6, 6.07) is 14.0. The van der Waals surface area contributed by atoms with Crippen LogP contribution in [0.15, 0.2) is 42.6 Å². The van der Waals surface area contributed by atoms with Crippen molar-refractivity contribution in [1.82, 2.24) is 15.0 Å². The maximum Gasteiger partial charge on any atom is 0.156 e. The average molecular weight is 234 g/mol. The van der Waals surface area contributed by atoms with E-state index < -0.39 is 0 Å². The van der Waals surface area contributed by atoms with Crippen LogP contribution in [-0.2, 0) is 6.42 Å². The topological polar surface area (TPSA) is 65.4 Å². The van der Waals surface area contributed by atoms with Crippen LogP contribution in [0.2, 0.25) is 0 Å². The van der Waals surface area contributed by atoms with Crippen molar-refractivity contribution in [3.05, 3.63) is 48.3 Å². The average Bonchev–Trinajstić information content (AvgIpc) is 2.87. The van der Waals surface area contributed by atoms with Gasteiger partial charge >= 0.3 is 0 Å². The predicted molar refractivity (Wildman–Crippen MR) is 68.6 cm³/mol. The van der Waals surface area contributed by atoms with E-state index in [9.17, 15) is 0 Å². The molecule has 0 bridgehead atoms. The molecular weight excluding hydrogens is 224 g/mol. The number of fused-ring (bicyclic) bond motifs is 1. The first-order chi connectivity index (χ1) is 8.86. The molecule has 0 aliphatic carbocycles. The summed E-state index contributed by atoms with van der Waals surface area (Å²) in [7, 11) is 0. The van der Waals surface area contributed by atoms with Gasteiger partial charge < -0.3 is 4.98 Å². The van der Waals surface area contributed by atoms with Crippen molar-refractivity contribution in [3.63, 3.8) is 0 Å². The number of aromatic nitrogens is 3. The number of H-pyrrole nitrogens is 1. The van der Waals surface area contributed by atoms with Crippen LogP contribution in [0.5, 0.6) is 0 Å². The van der Waals surface area contributed by atoms with E-state index in [1.165, 1.54) is 0 Å². The molecule has 0 fully saturated rings. The zero-order chi connectivity index (χ0) is 12.4. The molecule has 1 aromatic carbocycles. The van der Waals surface area contributed by atoms with Crippen molar-refractivity contribution in [2.75, 3.05) is 0 Å². The number of nitrogens with zero attached hydrogens (tertiary/aromatic N) is 3. The summed E-state index contributed by atoms with van der Waals surface area (Å²) >= 11 is 0. The van der Waals surface area contributed by atoms with Gasteiger partial charge in [0.1, 0.15) is 5.69 Å². The zero-order valence-electron chi connectivity index (χ0n) is 9.59. The first-order valence-electron chi connectivity index (χ1n) is 5.64. The third kappa shape index (κ3) is 1.82. The van der Waals surface area contributed by atoms with Crippen molar-refractivity contribution in [3.8, 4) is 17.6 Å². The van der Waals surface area contributed by atoms with Crippen molar-refractivity contribution in [1.29, 1.82) is 5.26 Å². The molecule has 4 nitrogen and oxygen atoms in total. The second kappa shape index (κ2) is 4.30. The molecule has 0 atom stereocenters. The number of nitrogens with one attached hydrogen (secondary N) is 1. The molecule has 0 unspecified atom stereocenters. The van der Waals surface area contributed by atoms with E-state index in [0.717, 1.165) is 22.3 Å². The molecule has 0 radical (unpaired) electrons. The Morgan fingerprint density at radius 1 is 1.17 bits per heavy atom. The van der Waals surface area contributed by atoms with Crippen molar-refractivity contribution < 1.29 is 0 Å². The molecule has 2 heterocycles. The lowest BCUT2D eigenvalue weighted by Crippen LogP contribution is -1.87. The van der Waals surface area contributed by atoms with Crippen LogP contribution in [0.1, 0.15) is 5.69 Å². The maximum atomic E-state index is 8.63. The Hall–Kier alpha value is -2.67. The highest BCUT2D eigenvalue weighted by Gasteiger charge is 2.05. The highest BCUT2D eigenvalue weighted by molar-refractivity contribution is 5.80. The Labute approximate surface area is 104 Å². The van der Waals surface area contributed by atoms with Crippen LogP contribution in [0.3, 0.4) is 0 Å². The van der Waals surface area contributed by atoms with Gasteiger partial charge in [-0.3, -0.25) is 0 Å². The summed E-state index contributed by atoms with van der Waals surface area (Å²) < 4.78 is 0. The van der Waals surface area contributed by atoms with E-state index in [4.69, 9.17) is 5.26 Å². The third-order valence-electron chi connectivity index (χ3n) is 2.74. The van der Waals surface area contributed by atoms with Gasteiger partial charge in [-0.2, -0.15) is 5.26 Å². The Morgan fingerprint density at radius 2 is 2.06 bits per heavy atom. The fraction of sp³-hybridized carbons (Fsp3) is 0.0714. The monoisotopic (exact) mass is 234 g/mol. The van der Waals surface area contributed by atoms with Gasteiger partial charge in [0.05, 0.1) is 18.0 Å². The third-order valence-corrected chi connectivity index (χ3v) is 2.74. The smallest absolute Gasteiger partial charge is 0.156 e. The molecule has 0 saturated carbocycles. The standard InChI is InChI=1S/C14H10N4/c15-8-7-11-9-16-14(17-11)13-6-5-10-3-1-2-4-12(10)18-13/h1-6,9H,7H2,(H,16,17). The van der Waals surface area contributed by atoms with Crippen molar-refractivity contribution in [2.45, 2.75) is 6.42 Å². The normalized spacial score (nSPS) is 10.4. The number of aromatic amines is 1. The molecule has 0 spiro atoms. The second-order valence-electron chi connectivity index (χ2n) is 3.98. The zero-order valence-corrected chi connectivity index (χ0v) is 9.59. The maximum absolute atomic E-state index is 8.63. The number of para-hydroxylation sites is 1. The fourth-order valence-electron chi connectivity index (χ4n) is 1.86. The minimum absolute atomic E-state index is 0.334. The number of hydrogen-bond acceptors (Lipinski definition) is 3. The van der Waals surface area contributed by atoms with Gasteiger partial charge in [0, 0.05) is 17.3 Å². The Kier molecular flexibility index (Phi) is 2.50. The van der Waals surface area contributed by atoms with Gasteiger partial charge in [-0.25, -0.2) is 9.97 Å². The minimum atomic E-state index is 0.334. The molecule has 3 rings (SSSR count).